The van der Waals surface area contributed by atoms with E-state index in [-0.39, 0.29) is 11.3 Å². The van der Waals surface area contributed by atoms with Gasteiger partial charge in [-0.05, 0) is 73.6 Å². The minimum absolute atomic E-state index is 0.0808. The molecule has 0 unspecified atom stereocenters. The molecule has 0 radical (unpaired) electrons. The van der Waals surface area contributed by atoms with Crippen molar-refractivity contribution in [2.45, 2.75) is 54.0 Å². The number of allylic oxidation sites excluding steroid dienone is 3. The molecule has 4 rings (SSSR count). The standard InChI is InChI=1S/C28H32N2O/c1-6-30-25-10-8-7-9-23(25)24-17-22(15-16-26(24)30)29-27(31)21-13-11-20(12-14-21)19(2)18-28(3,4)5/h7,9,11-18H,6,8,10H2,1-5H3,(H,29,31)/b19-18-. The fourth-order valence-electron chi connectivity index (χ4n) is 4.57. The highest BCUT2D eigenvalue weighted by Crippen LogP contribution is 2.33. The van der Waals surface area contributed by atoms with Gasteiger partial charge in [-0.2, -0.15) is 0 Å². The lowest BCUT2D eigenvalue weighted by Gasteiger charge is -2.14. The van der Waals surface area contributed by atoms with Crippen molar-refractivity contribution in [1.82, 2.24) is 4.57 Å². The van der Waals surface area contributed by atoms with Crippen LogP contribution in [0.3, 0.4) is 0 Å². The first-order chi connectivity index (χ1) is 14.8. The van der Waals surface area contributed by atoms with Gasteiger partial charge in [0.15, 0.2) is 0 Å². The van der Waals surface area contributed by atoms with E-state index in [4.69, 9.17) is 0 Å². The van der Waals surface area contributed by atoms with E-state index in [1.807, 2.05) is 30.3 Å². The minimum Gasteiger partial charge on any atom is -0.344 e. The van der Waals surface area contributed by atoms with Crippen molar-refractivity contribution in [2.24, 2.45) is 5.41 Å². The Labute approximate surface area is 185 Å². The fraction of sp³-hybridized carbons (Fsp3) is 0.321. The quantitative estimate of drug-likeness (QED) is 0.478. The number of carbonyl (C=O) groups is 1. The van der Waals surface area contributed by atoms with Gasteiger partial charge in [-0.15, -0.1) is 0 Å². The highest BCUT2D eigenvalue weighted by molar-refractivity contribution is 6.06. The number of carbonyl (C=O) groups excluding carboxylic acids is 1. The fourth-order valence-corrected chi connectivity index (χ4v) is 4.57. The van der Waals surface area contributed by atoms with E-state index in [2.05, 4.69) is 74.9 Å². The molecular weight excluding hydrogens is 380 g/mol. The topological polar surface area (TPSA) is 34.0 Å². The van der Waals surface area contributed by atoms with Crippen LogP contribution in [-0.4, -0.2) is 10.5 Å². The summed E-state index contributed by atoms with van der Waals surface area (Å²) in [5.41, 5.74) is 7.94. The van der Waals surface area contributed by atoms with E-state index in [1.54, 1.807) is 0 Å². The van der Waals surface area contributed by atoms with Crippen molar-refractivity contribution in [3.63, 3.8) is 0 Å². The number of fused-ring (bicyclic) bond motifs is 3. The van der Waals surface area contributed by atoms with Crippen molar-refractivity contribution >= 4 is 34.1 Å². The van der Waals surface area contributed by atoms with E-state index in [1.165, 1.54) is 27.7 Å². The number of hydrogen-bond acceptors (Lipinski definition) is 1. The summed E-state index contributed by atoms with van der Waals surface area (Å²) >= 11 is 0. The lowest BCUT2D eigenvalue weighted by Crippen LogP contribution is -2.11. The molecule has 3 heteroatoms. The molecule has 0 bridgehead atoms. The van der Waals surface area contributed by atoms with Crippen LogP contribution in [0, 0.1) is 5.41 Å². The van der Waals surface area contributed by atoms with E-state index < -0.39 is 0 Å². The van der Waals surface area contributed by atoms with Gasteiger partial charge in [0.25, 0.3) is 5.91 Å². The number of nitrogens with zero attached hydrogens (tertiary/aromatic N) is 1. The number of aromatic nitrogens is 1. The predicted molar refractivity (Wildman–Crippen MR) is 132 cm³/mol. The van der Waals surface area contributed by atoms with Crippen molar-refractivity contribution in [1.29, 1.82) is 0 Å². The molecule has 1 heterocycles. The average Bonchev–Trinajstić information content (AvgIpc) is 3.05. The van der Waals surface area contributed by atoms with E-state index in [0.29, 0.717) is 5.56 Å². The smallest absolute Gasteiger partial charge is 0.255 e. The normalized spacial score (nSPS) is 14.0. The van der Waals surface area contributed by atoms with Crippen LogP contribution in [0.5, 0.6) is 0 Å². The summed E-state index contributed by atoms with van der Waals surface area (Å²) in [5.74, 6) is -0.0808. The second kappa shape index (κ2) is 8.22. The molecule has 0 atom stereocenters. The number of rotatable bonds is 4. The van der Waals surface area contributed by atoms with Gasteiger partial charge >= 0.3 is 0 Å². The molecule has 0 fully saturated rings. The lowest BCUT2D eigenvalue weighted by molar-refractivity contribution is 0.102. The van der Waals surface area contributed by atoms with Gasteiger partial charge in [0, 0.05) is 40.0 Å². The summed E-state index contributed by atoms with van der Waals surface area (Å²) < 4.78 is 2.39. The second-order valence-electron chi connectivity index (χ2n) is 9.50. The first kappa shape index (κ1) is 21.2. The molecule has 0 saturated carbocycles. The molecular formula is C28H32N2O. The third-order valence-electron chi connectivity index (χ3n) is 5.87. The van der Waals surface area contributed by atoms with Crippen LogP contribution < -0.4 is 5.32 Å². The Morgan fingerprint density at radius 2 is 1.81 bits per heavy atom. The van der Waals surface area contributed by atoms with Gasteiger partial charge in [0.05, 0.1) is 0 Å². The van der Waals surface area contributed by atoms with Crippen LogP contribution in [0.4, 0.5) is 5.69 Å². The number of aryl methyl sites for hydroxylation is 1. The van der Waals surface area contributed by atoms with Crippen molar-refractivity contribution in [2.75, 3.05) is 5.32 Å². The van der Waals surface area contributed by atoms with Gasteiger partial charge in [-0.25, -0.2) is 0 Å². The molecule has 160 valence electrons. The second-order valence-corrected chi connectivity index (χ2v) is 9.50. The monoisotopic (exact) mass is 412 g/mol. The van der Waals surface area contributed by atoms with Crippen LogP contribution in [0.15, 0.2) is 54.6 Å². The number of hydrogen-bond donors (Lipinski definition) is 1. The maximum atomic E-state index is 12.9. The third kappa shape index (κ3) is 4.36. The number of benzene rings is 2. The lowest BCUT2D eigenvalue weighted by atomic mass is 9.91. The summed E-state index contributed by atoms with van der Waals surface area (Å²) in [7, 11) is 0. The SMILES string of the molecule is CCn1c2c(c3cc(NC(=O)c4ccc(/C(C)=C\C(C)(C)C)cc4)ccc31)C=CCC2. The van der Waals surface area contributed by atoms with Crippen molar-refractivity contribution < 1.29 is 4.79 Å². The van der Waals surface area contributed by atoms with Gasteiger partial charge in [0.2, 0.25) is 0 Å². The maximum Gasteiger partial charge on any atom is 0.255 e. The zero-order valence-corrected chi connectivity index (χ0v) is 19.3. The van der Waals surface area contributed by atoms with Crippen LogP contribution in [0.25, 0.3) is 22.6 Å². The Balaban J connectivity index is 1.58. The highest BCUT2D eigenvalue weighted by Gasteiger charge is 2.17. The molecule has 1 amide bonds. The van der Waals surface area contributed by atoms with Gasteiger partial charge in [0.1, 0.15) is 0 Å². The summed E-state index contributed by atoms with van der Waals surface area (Å²) in [4.78, 5) is 12.9. The van der Waals surface area contributed by atoms with E-state index in [9.17, 15) is 4.79 Å². The van der Waals surface area contributed by atoms with Crippen LogP contribution in [0.1, 0.15) is 68.2 Å². The number of nitrogens with one attached hydrogen (secondary N) is 1. The van der Waals surface area contributed by atoms with Crippen LogP contribution in [-0.2, 0) is 13.0 Å². The molecule has 1 aliphatic carbocycles. The first-order valence-corrected chi connectivity index (χ1v) is 11.2. The van der Waals surface area contributed by atoms with E-state index >= 15 is 0 Å². The number of amides is 1. The van der Waals surface area contributed by atoms with Crippen LogP contribution in [0.2, 0.25) is 0 Å². The summed E-state index contributed by atoms with van der Waals surface area (Å²) in [6.07, 6.45) is 8.89. The zero-order valence-electron chi connectivity index (χ0n) is 19.3. The molecule has 1 N–H and O–H groups in total. The average molecular weight is 413 g/mol. The molecule has 0 spiro atoms. The summed E-state index contributed by atoms with van der Waals surface area (Å²) in [6.45, 7) is 11.8. The molecule has 1 aliphatic rings. The largest absolute Gasteiger partial charge is 0.344 e. The Hall–Kier alpha value is -3.07. The molecule has 1 aromatic heterocycles. The molecule has 3 nitrogen and oxygen atoms in total. The van der Waals surface area contributed by atoms with Crippen molar-refractivity contribution in [3.8, 4) is 0 Å². The molecule has 31 heavy (non-hydrogen) atoms. The van der Waals surface area contributed by atoms with Crippen molar-refractivity contribution in [3.05, 3.63) is 77.0 Å². The van der Waals surface area contributed by atoms with Crippen LogP contribution >= 0.6 is 0 Å². The molecule has 3 aromatic rings. The Morgan fingerprint density at radius 1 is 1.10 bits per heavy atom. The summed E-state index contributed by atoms with van der Waals surface area (Å²) in [5, 5.41) is 4.30. The molecule has 0 saturated heterocycles. The van der Waals surface area contributed by atoms with Gasteiger partial charge < -0.3 is 9.88 Å². The Bertz CT molecular complexity index is 1180. The first-order valence-electron chi connectivity index (χ1n) is 11.2. The highest BCUT2D eigenvalue weighted by atomic mass is 16.1. The van der Waals surface area contributed by atoms with Gasteiger partial charge in [-0.3, -0.25) is 4.79 Å². The minimum atomic E-state index is -0.0808. The maximum absolute atomic E-state index is 12.9. The number of anilines is 1. The molecule has 2 aromatic carbocycles. The summed E-state index contributed by atoms with van der Waals surface area (Å²) in [6, 6.07) is 14.1. The van der Waals surface area contributed by atoms with Gasteiger partial charge in [-0.1, -0.05) is 51.1 Å². The Morgan fingerprint density at radius 3 is 2.48 bits per heavy atom. The van der Waals surface area contributed by atoms with E-state index in [0.717, 1.165) is 30.6 Å². The zero-order chi connectivity index (χ0) is 22.2. The molecule has 0 aliphatic heterocycles. The Kier molecular flexibility index (Phi) is 5.62. The third-order valence-corrected chi connectivity index (χ3v) is 5.87. The predicted octanol–water partition coefficient (Wildman–Crippen LogP) is 7.32.